The van der Waals surface area contributed by atoms with Crippen LogP contribution in [0.2, 0.25) is 0 Å². The van der Waals surface area contributed by atoms with E-state index in [1.165, 1.54) is 38.0 Å². The molecule has 2 aromatic rings. The summed E-state index contributed by atoms with van der Waals surface area (Å²) in [5.74, 6) is 0. The van der Waals surface area contributed by atoms with Gasteiger partial charge in [0.05, 0.1) is 11.4 Å². The number of aryl methyl sites for hydroxylation is 1. The summed E-state index contributed by atoms with van der Waals surface area (Å²) < 4.78 is 1.93. The number of anilines is 1. The summed E-state index contributed by atoms with van der Waals surface area (Å²) in [6.45, 7) is 4.40. The molecule has 0 unspecified atom stereocenters. The predicted octanol–water partition coefficient (Wildman–Crippen LogP) is 3.17. The first kappa shape index (κ1) is 11.3. The smallest absolute Gasteiger partial charge is 0.0647 e. The molecule has 0 radical (unpaired) electrons. The van der Waals surface area contributed by atoms with Crippen LogP contribution in [0.5, 0.6) is 0 Å². The molecule has 2 heterocycles. The molecule has 0 atom stereocenters. The molecule has 94 valence electrons. The average molecular weight is 241 g/mol. The average Bonchev–Trinajstić information content (AvgIpc) is 2.87. The molecule has 18 heavy (non-hydrogen) atoms. The number of nitrogens with zero attached hydrogens (tertiary/aromatic N) is 3. The number of benzene rings is 1. The Kier molecular flexibility index (Phi) is 3.05. The molecule has 1 saturated heterocycles. The second kappa shape index (κ2) is 4.84. The molecule has 3 rings (SSSR count). The van der Waals surface area contributed by atoms with Crippen LogP contribution in [-0.4, -0.2) is 22.9 Å². The topological polar surface area (TPSA) is 21.1 Å². The lowest BCUT2D eigenvalue weighted by atomic mass is 10.1. The van der Waals surface area contributed by atoms with Crippen molar-refractivity contribution < 1.29 is 0 Å². The first-order valence-electron chi connectivity index (χ1n) is 6.70. The van der Waals surface area contributed by atoms with Gasteiger partial charge in [0, 0.05) is 25.0 Å². The van der Waals surface area contributed by atoms with Crippen molar-refractivity contribution in [2.75, 3.05) is 18.0 Å². The van der Waals surface area contributed by atoms with Gasteiger partial charge in [-0.3, -0.25) is 0 Å². The fraction of sp³-hybridized carbons (Fsp3) is 0.400. The summed E-state index contributed by atoms with van der Waals surface area (Å²) in [7, 11) is 0. The highest BCUT2D eigenvalue weighted by atomic mass is 15.3. The number of hydrogen-bond acceptors (Lipinski definition) is 2. The monoisotopic (exact) mass is 241 g/mol. The third-order valence-electron chi connectivity index (χ3n) is 3.56. The summed E-state index contributed by atoms with van der Waals surface area (Å²) in [6, 6.07) is 10.7. The highest BCUT2D eigenvalue weighted by Crippen LogP contribution is 2.21. The molecule has 3 heteroatoms. The molecule has 3 nitrogen and oxygen atoms in total. The van der Waals surface area contributed by atoms with Crippen LogP contribution >= 0.6 is 0 Å². The minimum atomic E-state index is 1.05. The Hall–Kier alpha value is -1.77. The SMILES string of the molecule is Cc1ccn(-c2ccc(N3CCCCC3)cc2)n1. The Morgan fingerprint density at radius 3 is 2.17 bits per heavy atom. The minimum Gasteiger partial charge on any atom is -0.372 e. The lowest BCUT2D eigenvalue weighted by molar-refractivity contribution is 0.578. The first-order valence-corrected chi connectivity index (χ1v) is 6.70. The van der Waals surface area contributed by atoms with Crippen molar-refractivity contribution in [2.45, 2.75) is 26.2 Å². The van der Waals surface area contributed by atoms with Gasteiger partial charge in [0.15, 0.2) is 0 Å². The van der Waals surface area contributed by atoms with Crippen LogP contribution in [-0.2, 0) is 0 Å². The van der Waals surface area contributed by atoms with Crippen molar-refractivity contribution in [1.29, 1.82) is 0 Å². The van der Waals surface area contributed by atoms with Gasteiger partial charge in [-0.2, -0.15) is 5.10 Å². The van der Waals surface area contributed by atoms with Gasteiger partial charge in [-0.1, -0.05) is 0 Å². The number of aromatic nitrogens is 2. The Labute approximate surface area is 108 Å². The van der Waals surface area contributed by atoms with Crippen molar-refractivity contribution >= 4 is 5.69 Å². The fourth-order valence-electron chi connectivity index (χ4n) is 2.53. The normalized spacial score (nSPS) is 15.9. The number of hydrogen-bond donors (Lipinski definition) is 0. The van der Waals surface area contributed by atoms with E-state index in [0.29, 0.717) is 0 Å². The number of rotatable bonds is 2. The Balaban J connectivity index is 1.80. The summed E-state index contributed by atoms with van der Waals surface area (Å²) in [4.78, 5) is 2.47. The van der Waals surface area contributed by atoms with Gasteiger partial charge >= 0.3 is 0 Å². The maximum Gasteiger partial charge on any atom is 0.0647 e. The van der Waals surface area contributed by atoms with Crippen LogP contribution in [0.1, 0.15) is 25.0 Å². The van der Waals surface area contributed by atoms with Crippen molar-refractivity contribution in [2.24, 2.45) is 0 Å². The van der Waals surface area contributed by atoms with Crippen molar-refractivity contribution in [3.63, 3.8) is 0 Å². The van der Waals surface area contributed by atoms with Gasteiger partial charge in [0.25, 0.3) is 0 Å². The van der Waals surface area contributed by atoms with Crippen molar-refractivity contribution in [3.8, 4) is 5.69 Å². The summed E-state index contributed by atoms with van der Waals surface area (Å²) in [5.41, 5.74) is 3.52. The molecule has 0 saturated carbocycles. The second-order valence-electron chi connectivity index (χ2n) is 4.97. The highest BCUT2D eigenvalue weighted by molar-refractivity contribution is 5.51. The largest absolute Gasteiger partial charge is 0.372 e. The minimum absolute atomic E-state index is 1.05. The molecule has 0 amide bonds. The standard InChI is InChI=1S/C15H19N3/c1-13-9-12-18(16-13)15-7-5-14(6-8-15)17-10-3-2-4-11-17/h5-9,12H,2-4,10-11H2,1H3. The van der Waals surface area contributed by atoms with E-state index in [-0.39, 0.29) is 0 Å². The molecule has 0 aliphatic carbocycles. The van der Waals surface area contributed by atoms with Gasteiger partial charge in [-0.05, 0) is 56.5 Å². The lowest BCUT2D eigenvalue weighted by Crippen LogP contribution is -2.29. The Morgan fingerprint density at radius 2 is 1.56 bits per heavy atom. The fourth-order valence-corrected chi connectivity index (χ4v) is 2.53. The van der Waals surface area contributed by atoms with Crippen LogP contribution in [0.3, 0.4) is 0 Å². The summed E-state index contributed by atoms with van der Waals surface area (Å²) in [6.07, 6.45) is 6.02. The van der Waals surface area contributed by atoms with Crippen molar-refractivity contribution in [3.05, 3.63) is 42.2 Å². The maximum absolute atomic E-state index is 4.43. The number of piperidine rings is 1. The molecule has 1 aromatic carbocycles. The van der Waals surface area contributed by atoms with Gasteiger partial charge < -0.3 is 4.90 Å². The van der Waals surface area contributed by atoms with Crippen molar-refractivity contribution in [1.82, 2.24) is 9.78 Å². The summed E-state index contributed by atoms with van der Waals surface area (Å²) >= 11 is 0. The van der Waals surface area contributed by atoms with E-state index in [2.05, 4.69) is 34.3 Å². The summed E-state index contributed by atoms with van der Waals surface area (Å²) in [5, 5.41) is 4.43. The molecule has 1 aliphatic heterocycles. The first-order chi connectivity index (χ1) is 8.83. The zero-order chi connectivity index (χ0) is 12.4. The molecule has 1 aliphatic rings. The molecular formula is C15H19N3. The third-order valence-corrected chi connectivity index (χ3v) is 3.56. The van der Waals surface area contributed by atoms with E-state index >= 15 is 0 Å². The van der Waals surface area contributed by atoms with E-state index in [0.717, 1.165) is 11.4 Å². The van der Waals surface area contributed by atoms with Gasteiger partial charge in [-0.15, -0.1) is 0 Å². The highest BCUT2D eigenvalue weighted by Gasteiger charge is 2.10. The van der Waals surface area contributed by atoms with E-state index in [1.54, 1.807) is 0 Å². The van der Waals surface area contributed by atoms with E-state index in [9.17, 15) is 0 Å². The molecule has 0 N–H and O–H groups in total. The van der Waals surface area contributed by atoms with E-state index in [4.69, 9.17) is 0 Å². The zero-order valence-corrected chi connectivity index (χ0v) is 10.8. The van der Waals surface area contributed by atoms with Gasteiger partial charge in [-0.25, -0.2) is 4.68 Å². The van der Waals surface area contributed by atoms with Crippen LogP contribution in [0.4, 0.5) is 5.69 Å². The van der Waals surface area contributed by atoms with E-state index in [1.807, 2.05) is 23.9 Å². The van der Waals surface area contributed by atoms with Crippen LogP contribution in [0, 0.1) is 6.92 Å². The van der Waals surface area contributed by atoms with Gasteiger partial charge in [0.1, 0.15) is 0 Å². The van der Waals surface area contributed by atoms with Crippen LogP contribution < -0.4 is 4.90 Å². The molecule has 0 spiro atoms. The quantitative estimate of drug-likeness (QED) is 0.805. The predicted molar refractivity (Wildman–Crippen MR) is 74.4 cm³/mol. The molecular weight excluding hydrogens is 222 g/mol. The Bertz CT molecular complexity index is 507. The molecule has 1 fully saturated rings. The third kappa shape index (κ3) is 2.26. The molecule has 1 aromatic heterocycles. The van der Waals surface area contributed by atoms with E-state index < -0.39 is 0 Å². The van der Waals surface area contributed by atoms with Gasteiger partial charge in [0.2, 0.25) is 0 Å². The maximum atomic E-state index is 4.43. The Morgan fingerprint density at radius 1 is 0.889 bits per heavy atom. The molecule has 0 bridgehead atoms. The van der Waals surface area contributed by atoms with Crippen LogP contribution in [0.25, 0.3) is 5.69 Å². The zero-order valence-electron chi connectivity index (χ0n) is 10.8. The second-order valence-corrected chi connectivity index (χ2v) is 4.97. The van der Waals surface area contributed by atoms with Crippen LogP contribution in [0.15, 0.2) is 36.5 Å². The lowest BCUT2D eigenvalue weighted by Gasteiger charge is -2.28.